The van der Waals surface area contributed by atoms with Crippen molar-refractivity contribution in [1.29, 1.82) is 0 Å². The molecule has 9 heteroatoms. The molecule has 1 aromatic carbocycles. The molecule has 1 N–H and O–H groups in total. The maximum absolute atomic E-state index is 12.4. The first-order valence-electron chi connectivity index (χ1n) is 9.80. The van der Waals surface area contributed by atoms with E-state index in [1.54, 1.807) is 0 Å². The van der Waals surface area contributed by atoms with Gasteiger partial charge in [-0.1, -0.05) is 29.5 Å². The van der Waals surface area contributed by atoms with Crippen LogP contribution in [0.5, 0.6) is 0 Å². The Bertz CT molecular complexity index is 1230. The van der Waals surface area contributed by atoms with E-state index in [0.717, 1.165) is 28.0 Å². The quantitative estimate of drug-likeness (QED) is 0.480. The molecule has 1 amide bonds. The number of benzene rings is 1. The summed E-state index contributed by atoms with van der Waals surface area (Å²) >= 11 is 1.38. The number of fused-ring (bicyclic) bond motifs is 1. The minimum atomic E-state index is -0.0667. The van der Waals surface area contributed by atoms with Gasteiger partial charge in [0.25, 0.3) is 0 Å². The summed E-state index contributed by atoms with van der Waals surface area (Å²) in [5, 5.41) is 12.3. The van der Waals surface area contributed by atoms with Crippen molar-refractivity contribution in [3.05, 3.63) is 41.6 Å². The summed E-state index contributed by atoms with van der Waals surface area (Å²) in [5.41, 5.74) is 6.02. The summed E-state index contributed by atoms with van der Waals surface area (Å²) < 4.78 is 6.08. The van der Waals surface area contributed by atoms with E-state index in [-0.39, 0.29) is 11.7 Å². The lowest BCUT2D eigenvalue weighted by Gasteiger charge is -2.20. The molecule has 0 aliphatic rings. The molecule has 8 nitrogen and oxygen atoms in total. The standard InChI is InChI=1S/C21H25N7OS/c1-6-28-20(16-10-17-18(11-22-16)27(5)26(17)4)24-25-21(28)30-12-19(29)23-15-8-7-13(2)9-14(15)3/h7-11H,6,12H2,1-5H3,(H,23,29). The zero-order valence-electron chi connectivity index (χ0n) is 17.8. The number of aromatic nitrogens is 6. The van der Waals surface area contributed by atoms with E-state index >= 15 is 0 Å². The molecule has 0 fully saturated rings. The zero-order chi connectivity index (χ0) is 21.4. The summed E-state index contributed by atoms with van der Waals surface area (Å²) in [5.74, 6) is 0.903. The second-order valence-electron chi connectivity index (χ2n) is 7.31. The average molecular weight is 424 g/mol. The van der Waals surface area contributed by atoms with Gasteiger partial charge in [0.1, 0.15) is 11.2 Å². The van der Waals surface area contributed by atoms with Crippen LogP contribution in [0.2, 0.25) is 0 Å². The first-order chi connectivity index (χ1) is 14.4. The highest BCUT2D eigenvalue weighted by Gasteiger charge is 2.18. The Morgan fingerprint density at radius 2 is 1.87 bits per heavy atom. The molecule has 0 unspecified atom stereocenters. The maximum Gasteiger partial charge on any atom is 0.234 e. The predicted octanol–water partition coefficient (Wildman–Crippen LogP) is 3.54. The van der Waals surface area contributed by atoms with Crippen molar-refractivity contribution in [3.63, 3.8) is 0 Å². The van der Waals surface area contributed by atoms with Crippen LogP contribution in [0, 0.1) is 13.8 Å². The molecule has 3 heterocycles. The molecule has 4 aromatic rings. The van der Waals surface area contributed by atoms with Crippen LogP contribution in [0.25, 0.3) is 22.6 Å². The third kappa shape index (κ3) is 3.60. The molecule has 30 heavy (non-hydrogen) atoms. The van der Waals surface area contributed by atoms with Gasteiger partial charge in [-0.15, -0.1) is 10.2 Å². The van der Waals surface area contributed by atoms with E-state index in [1.807, 2.05) is 68.5 Å². The van der Waals surface area contributed by atoms with Crippen LogP contribution in [0.4, 0.5) is 5.69 Å². The van der Waals surface area contributed by atoms with Crippen LogP contribution in [0.15, 0.2) is 35.6 Å². The Labute approximate surface area is 179 Å². The van der Waals surface area contributed by atoms with Gasteiger partial charge >= 0.3 is 0 Å². The van der Waals surface area contributed by atoms with Crippen molar-refractivity contribution in [1.82, 2.24) is 29.1 Å². The molecule has 0 aliphatic heterocycles. The second kappa shape index (κ2) is 7.98. The van der Waals surface area contributed by atoms with Crippen molar-refractivity contribution in [2.75, 3.05) is 11.1 Å². The summed E-state index contributed by atoms with van der Waals surface area (Å²) in [6.07, 6.45) is 1.85. The van der Waals surface area contributed by atoms with E-state index in [2.05, 4.69) is 31.2 Å². The van der Waals surface area contributed by atoms with E-state index in [1.165, 1.54) is 17.3 Å². The van der Waals surface area contributed by atoms with Crippen molar-refractivity contribution in [3.8, 4) is 11.5 Å². The van der Waals surface area contributed by atoms with Crippen molar-refractivity contribution in [2.45, 2.75) is 32.5 Å². The normalized spacial score (nSPS) is 11.4. The largest absolute Gasteiger partial charge is 0.325 e. The monoisotopic (exact) mass is 423 g/mol. The summed E-state index contributed by atoms with van der Waals surface area (Å²) in [6.45, 7) is 6.76. The molecular weight excluding hydrogens is 398 g/mol. The fourth-order valence-corrected chi connectivity index (χ4v) is 4.29. The first kappa shape index (κ1) is 20.2. The number of hydrogen-bond donors (Lipinski definition) is 1. The molecule has 0 aliphatic carbocycles. The highest BCUT2D eigenvalue weighted by Crippen LogP contribution is 2.26. The minimum absolute atomic E-state index is 0.0667. The number of carbonyl (C=O) groups is 1. The lowest BCUT2D eigenvalue weighted by molar-refractivity contribution is -0.113. The number of anilines is 1. The van der Waals surface area contributed by atoms with Crippen LogP contribution in [0.1, 0.15) is 18.1 Å². The zero-order valence-corrected chi connectivity index (χ0v) is 18.6. The SMILES string of the molecule is CCn1c(SCC(=O)Nc2ccc(C)cc2C)nnc1-c1cc2c(cn1)n(C)n2C. The molecule has 3 aromatic heterocycles. The second-order valence-corrected chi connectivity index (χ2v) is 8.25. The van der Waals surface area contributed by atoms with Gasteiger partial charge in [0.15, 0.2) is 11.0 Å². The van der Waals surface area contributed by atoms with Crippen LogP contribution in [-0.2, 0) is 25.4 Å². The van der Waals surface area contributed by atoms with Crippen LogP contribution >= 0.6 is 11.8 Å². The molecular formula is C21H25N7OS. The van der Waals surface area contributed by atoms with Gasteiger partial charge in [0, 0.05) is 26.3 Å². The third-order valence-corrected chi connectivity index (χ3v) is 6.23. The highest BCUT2D eigenvalue weighted by molar-refractivity contribution is 7.99. The number of nitrogens with zero attached hydrogens (tertiary/aromatic N) is 6. The Morgan fingerprint density at radius 1 is 1.10 bits per heavy atom. The predicted molar refractivity (Wildman–Crippen MR) is 120 cm³/mol. The Hall–Kier alpha value is -3.07. The van der Waals surface area contributed by atoms with Crippen molar-refractivity contribution < 1.29 is 4.79 Å². The minimum Gasteiger partial charge on any atom is -0.325 e. The third-order valence-electron chi connectivity index (χ3n) is 5.26. The van der Waals surface area contributed by atoms with Gasteiger partial charge < -0.3 is 9.88 Å². The first-order valence-corrected chi connectivity index (χ1v) is 10.8. The Morgan fingerprint density at radius 3 is 2.60 bits per heavy atom. The van der Waals surface area contributed by atoms with E-state index < -0.39 is 0 Å². The molecule has 0 saturated carbocycles. The van der Waals surface area contributed by atoms with Gasteiger partial charge in [-0.3, -0.25) is 19.1 Å². The molecule has 4 rings (SSSR count). The number of amides is 1. The summed E-state index contributed by atoms with van der Waals surface area (Å²) in [7, 11) is 4.00. The van der Waals surface area contributed by atoms with E-state index in [0.29, 0.717) is 17.5 Å². The van der Waals surface area contributed by atoms with Crippen LogP contribution < -0.4 is 5.32 Å². The smallest absolute Gasteiger partial charge is 0.234 e. The number of thioether (sulfide) groups is 1. The number of nitrogens with one attached hydrogen (secondary N) is 1. The number of carbonyl (C=O) groups excluding carboxylic acids is 1. The van der Waals surface area contributed by atoms with Crippen molar-refractivity contribution >= 4 is 34.4 Å². The van der Waals surface area contributed by atoms with Gasteiger partial charge in [-0.2, -0.15) is 0 Å². The number of pyridine rings is 1. The molecule has 0 radical (unpaired) electrons. The van der Waals surface area contributed by atoms with Crippen LogP contribution in [0.3, 0.4) is 0 Å². The Balaban J connectivity index is 1.49. The number of rotatable bonds is 6. The number of hydrogen-bond acceptors (Lipinski definition) is 5. The van der Waals surface area contributed by atoms with Gasteiger partial charge in [0.05, 0.1) is 17.5 Å². The lowest BCUT2D eigenvalue weighted by Crippen LogP contribution is -2.17. The van der Waals surface area contributed by atoms with Gasteiger partial charge in [0.2, 0.25) is 5.91 Å². The molecule has 0 saturated heterocycles. The molecule has 0 bridgehead atoms. The molecule has 0 atom stereocenters. The Kier molecular flexibility index (Phi) is 5.38. The topological polar surface area (TPSA) is 82.6 Å². The highest BCUT2D eigenvalue weighted by atomic mass is 32.2. The fourth-order valence-electron chi connectivity index (χ4n) is 3.49. The summed E-state index contributed by atoms with van der Waals surface area (Å²) in [4.78, 5) is 17.0. The average Bonchev–Trinajstić information content (AvgIpc) is 3.16. The number of aryl methyl sites for hydroxylation is 4. The summed E-state index contributed by atoms with van der Waals surface area (Å²) in [6, 6.07) is 8.00. The van der Waals surface area contributed by atoms with Gasteiger partial charge in [-0.25, -0.2) is 0 Å². The maximum atomic E-state index is 12.4. The lowest BCUT2D eigenvalue weighted by atomic mass is 10.1. The fraction of sp³-hybridized carbons (Fsp3) is 0.333. The molecule has 156 valence electrons. The van der Waals surface area contributed by atoms with E-state index in [4.69, 9.17) is 0 Å². The molecule has 0 spiro atoms. The van der Waals surface area contributed by atoms with E-state index in [9.17, 15) is 4.79 Å². The van der Waals surface area contributed by atoms with Gasteiger partial charge in [-0.05, 0) is 38.5 Å². The van der Waals surface area contributed by atoms with Crippen molar-refractivity contribution in [2.24, 2.45) is 14.1 Å². The van der Waals surface area contributed by atoms with Crippen LogP contribution in [-0.4, -0.2) is 40.8 Å².